The molecule has 1 aliphatic heterocycles. The third kappa shape index (κ3) is 4.38. The Morgan fingerprint density at radius 2 is 2.00 bits per heavy atom. The lowest BCUT2D eigenvalue weighted by Crippen LogP contribution is -2.29. The van der Waals surface area contributed by atoms with Gasteiger partial charge in [0.2, 0.25) is 0 Å². The van der Waals surface area contributed by atoms with E-state index in [-0.39, 0.29) is 35.7 Å². The van der Waals surface area contributed by atoms with Gasteiger partial charge in [-0.25, -0.2) is 8.42 Å². The number of hydrogen-bond donors (Lipinski definition) is 1. The Morgan fingerprint density at radius 1 is 1.21 bits per heavy atom. The van der Waals surface area contributed by atoms with E-state index in [4.69, 9.17) is 9.15 Å². The molecule has 2 heterocycles. The molecule has 6 nitrogen and oxygen atoms in total. The van der Waals surface area contributed by atoms with Crippen LogP contribution < -0.4 is 10.1 Å². The maximum Gasteiger partial charge on any atom is 0.287 e. The van der Waals surface area contributed by atoms with Crippen LogP contribution in [0.15, 0.2) is 46.9 Å². The molecule has 0 spiro atoms. The SMILES string of the molecule is O=C(NCC1CCS(=O)(=O)C1)c1ccc(COc2ccccc2)o1. The zero-order valence-corrected chi connectivity index (χ0v) is 13.9. The molecule has 1 aliphatic rings. The first kappa shape index (κ1) is 16.6. The predicted octanol–water partition coefficient (Wildman–Crippen LogP) is 2.02. The summed E-state index contributed by atoms with van der Waals surface area (Å²) in [6, 6.07) is 12.6. The number of carbonyl (C=O) groups is 1. The van der Waals surface area contributed by atoms with Crippen LogP contribution in [0, 0.1) is 5.92 Å². The van der Waals surface area contributed by atoms with E-state index in [1.807, 2.05) is 30.3 Å². The quantitative estimate of drug-likeness (QED) is 0.862. The highest BCUT2D eigenvalue weighted by molar-refractivity contribution is 7.91. The Bertz CT molecular complexity index is 797. The molecule has 1 N–H and O–H groups in total. The molecule has 7 heteroatoms. The number of para-hydroxylation sites is 1. The zero-order chi connectivity index (χ0) is 17.0. The molecule has 1 amide bonds. The van der Waals surface area contributed by atoms with Crippen molar-refractivity contribution in [1.82, 2.24) is 5.32 Å². The highest BCUT2D eigenvalue weighted by atomic mass is 32.2. The normalized spacial score (nSPS) is 19.1. The summed E-state index contributed by atoms with van der Waals surface area (Å²) in [6.45, 7) is 0.576. The molecule has 2 aromatic rings. The van der Waals surface area contributed by atoms with Gasteiger partial charge in [-0.05, 0) is 36.6 Å². The van der Waals surface area contributed by atoms with Crippen LogP contribution in [0.4, 0.5) is 0 Å². The Kier molecular flexibility index (Phi) is 4.89. The molecule has 1 fully saturated rings. The minimum Gasteiger partial charge on any atom is -0.486 e. The smallest absolute Gasteiger partial charge is 0.287 e. The Balaban J connectivity index is 1.48. The van der Waals surface area contributed by atoms with E-state index in [2.05, 4.69) is 5.32 Å². The first-order valence-corrected chi connectivity index (χ1v) is 9.59. The van der Waals surface area contributed by atoms with Crippen molar-refractivity contribution in [3.05, 3.63) is 54.0 Å². The minimum atomic E-state index is -2.93. The van der Waals surface area contributed by atoms with Crippen LogP contribution in [-0.4, -0.2) is 32.4 Å². The van der Waals surface area contributed by atoms with Gasteiger partial charge in [0.25, 0.3) is 5.91 Å². The van der Waals surface area contributed by atoms with Crippen LogP contribution >= 0.6 is 0 Å². The fourth-order valence-electron chi connectivity index (χ4n) is 2.61. The lowest BCUT2D eigenvalue weighted by atomic mass is 10.1. The molecule has 0 radical (unpaired) electrons. The summed E-state index contributed by atoms with van der Waals surface area (Å²) in [4.78, 5) is 12.1. The molecule has 1 saturated heterocycles. The van der Waals surface area contributed by atoms with Gasteiger partial charge >= 0.3 is 0 Å². The molecule has 1 unspecified atom stereocenters. The second-order valence-electron chi connectivity index (χ2n) is 5.85. The average molecular weight is 349 g/mol. The molecule has 1 atom stereocenters. The molecular formula is C17H19NO5S. The number of sulfone groups is 1. The van der Waals surface area contributed by atoms with Gasteiger partial charge < -0.3 is 14.5 Å². The van der Waals surface area contributed by atoms with Gasteiger partial charge in [0.05, 0.1) is 11.5 Å². The molecule has 128 valence electrons. The second-order valence-corrected chi connectivity index (χ2v) is 8.08. The first-order chi connectivity index (χ1) is 11.5. The summed E-state index contributed by atoms with van der Waals surface area (Å²) in [5.41, 5.74) is 0. The molecule has 0 bridgehead atoms. The fraction of sp³-hybridized carbons (Fsp3) is 0.353. The van der Waals surface area contributed by atoms with Crippen molar-refractivity contribution in [2.75, 3.05) is 18.1 Å². The topological polar surface area (TPSA) is 85.6 Å². The number of rotatable bonds is 6. The number of furan rings is 1. The summed E-state index contributed by atoms with van der Waals surface area (Å²) in [5, 5.41) is 2.73. The van der Waals surface area contributed by atoms with Gasteiger partial charge in [0, 0.05) is 6.54 Å². The minimum absolute atomic E-state index is 0.0187. The van der Waals surface area contributed by atoms with Gasteiger partial charge in [0.15, 0.2) is 15.6 Å². The number of hydrogen-bond acceptors (Lipinski definition) is 5. The number of ether oxygens (including phenoxy) is 1. The summed E-state index contributed by atoms with van der Waals surface area (Å²) >= 11 is 0. The predicted molar refractivity (Wildman–Crippen MR) is 88.6 cm³/mol. The largest absolute Gasteiger partial charge is 0.486 e. The van der Waals surface area contributed by atoms with E-state index in [1.165, 1.54) is 0 Å². The summed E-state index contributed by atoms with van der Waals surface area (Å²) in [7, 11) is -2.93. The highest BCUT2D eigenvalue weighted by Crippen LogP contribution is 2.18. The summed E-state index contributed by atoms with van der Waals surface area (Å²) in [5.74, 6) is 1.45. The highest BCUT2D eigenvalue weighted by Gasteiger charge is 2.28. The Hall–Kier alpha value is -2.28. The molecule has 0 saturated carbocycles. The molecule has 1 aromatic heterocycles. The monoisotopic (exact) mass is 349 g/mol. The molecular weight excluding hydrogens is 330 g/mol. The van der Waals surface area contributed by atoms with Crippen molar-refractivity contribution in [3.63, 3.8) is 0 Å². The number of benzene rings is 1. The Morgan fingerprint density at radius 3 is 2.71 bits per heavy atom. The maximum atomic E-state index is 12.1. The van der Waals surface area contributed by atoms with Gasteiger partial charge in [-0.2, -0.15) is 0 Å². The zero-order valence-electron chi connectivity index (χ0n) is 13.1. The number of nitrogens with one attached hydrogen (secondary N) is 1. The van der Waals surface area contributed by atoms with E-state index < -0.39 is 9.84 Å². The molecule has 3 rings (SSSR count). The Labute approximate surface area is 140 Å². The molecule has 0 aliphatic carbocycles. The van der Waals surface area contributed by atoms with Crippen molar-refractivity contribution < 1.29 is 22.4 Å². The van der Waals surface area contributed by atoms with Crippen LogP contribution in [0.5, 0.6) is 5.75 Å². The average Bonchev–Trinajstić information content (AvgIpc) is 3.18. The lowest BCUT2D eigenvalue weighted by molar-refractivity contribution is 0.0916. The van der Waals surface area contributed by atoms with E-state index in [1.54, 1.807) is 12.1 Å². The second kappa shape index (κ2) is 7.09. The third-order valence-corrected chi connectivity index (χ3v) is 5.72. The molecule has 24 heavy (non-hydrogen) atoms. The van der Waals surface area contributed by atoms with E-state index in [9.17, 15) is 13.2 Å². The fourth-order valence-corrected chi connectivity index (χ4v) is 4.47. The van der Waals surface area contributed by atoms with Crippen LogP contribution in [0.2, 0.25) is 0 Å². The summed E-state index contributed by atoms with van der Waals surface area (Å²) < 4.78 is 33.8. The lowest BCUT2D eigenvalue weighted by Gasteiger charge is -2.08. The van der Waals surface area contributed by atoms with Crippen molar-refractivity contribution >= 4 is 15.7 Å². The first-order valence-electron chi connectivity index (χ1n) is 7.77. The van der Waals surface area contributed by atoms with Gasteiger partial charge in [0.1, 0.15) is 18.1 Å². The molecule has 1 aromatic carbocycles. The van der Waals surface area contributed by atoms with E-state index >= 15 is 0 Å². The third-order valence-electron chi connectivity index (χ3n) is 3.89. The van der Waals surface area contributed by atoms with Crippen LogP contribution in [0.3, 0.4) is 0 Å². The summed E-state index contributed by atoms with van der Waals surface area (Å²) in [6.07, 6.45) is 0.594. The van der Waals surface area contributed by atoms with Crippen molar-refractivity contribution in [1.29, 1.82) is 0 Å². The van der Waals surface area contributed by atoms with Gasteiger partial charge in [-0.3, -0.25) is 4.79 Å². The van der Waals surface area contributed by atoms with Gasteiger partial charge in [-0.1, -0.05) is 18.2 Å². The van der Waals surface area contributed by atoms with E-state index in [0.29, 0.717) is 18.7 Å². The van der Waals surface area contributed by atoms with Crippen molar-refractivity contribution in [2.24, 2.45) is 5.92 Å². The van der Waals surface area contributed by atoms with Crippen LogP contribution in [0.1, 0.15) is 22.7 Å². The number of amides is 1. The van der Waals surface area contributed by atoms with Crippen molar-refractivity contribution in [2.45, 2.75) is 13.0 Å². The standard InChI is InChI=1S/C17H19NO5S/c19-17(18-10-13-8-9-24(20,21)12-13)16-7-6-15(23-16)11-22-14-4-2-1-3-5-14/h1-7,13H,8-12H2,(H,18,19). The van der Waals surface area contributed by atoms with Crippen molar-refractivity contribution in [3.8, 4) is 5.75 Å². The number of carbonyl (C=O) groups excluding carboxylic acids is 1. The maximum absolute atomic E-state index is 12.1. The van der Waals surface area contributed by atoms with Crippen LogP contribution in [0.25, 0.3) is 0 Å². The van der Waals surface area contributed by atoms with Gasteiger partial charge in [-0.15, -0.1) is 0 Å². The van der Waals surface area contributed by atoms with Crippen LogP contribution in [-0.2, 0) is 16.4 Å². The van der Waals surface area contributed by atoms with E-state index in [0.717, 1.165) is 5.75 Å².